The molecule has 118 valence electrons. The lowest BCUT2D eigenvalue weighted by Crippen LogP contribution is -2.32. The highest BCUT2D eigenvalue weighted by Crippen LogP contribution is 2.14. The molecule has 2 rings (SSSR count). The van der Waals surface area contributed by atoms with E-state index in [9.17, 15) is 4.79 Å². The summed E-state index contributed by atoms with van der Waals surface area (Å²) in [5.41, 5.74) is 2.14. The van der Waals surface area contributed by atoms with Crippen molar-refractivity contribution in [2.75, 3.05) is 12.0 Å². The number of aryl methyl sites for hydroxylation is 1. The SMILES string of the molecule is CCCc1ccc(OCNC(=O)Nc2ccccc2C#N)cc1. The Hall–Kier alpha value is -3.00. The third kappa shape index (κ3) is 5.04. The van der Waals surface area contributed by atoms with Gasteiger partial charge < -0.3 is 15.4 Å². The van der Waals surface area contributed by atoms with Gasteiger partial charge in [-0.15, -0.1) is 0 Å². The minimum Gasteiger partial charge on any atom is -0.473 e. The molecule has 2 aromatic carbocycles. The molecule has 0 aliphatic carbocycles. The third-order valence-corrected chi connectivity index (χ3v) is 3.23. The number of anilines is 1. The van der Waals surface area contributed by atoms with Gasteiger partial charge >= 0.3 is 6.03 Å². The van der Waals surface area contributed by atoms with Gasteiger partial charge in [-0.25, -0.2) is 4.79 Å². The van der Waals surface area contributed by atoms with Crippen molar-refractivity contribution < 1.29 is 9.53 Å². The van der Waals surface area contributed by atoms with Gasteiger partial charge in [0.2, 0.25) is 0 Å². The predicted octanol–water partition coefficient (Wildman–Crippen LogP) is 3.67. The average Bonchev–Trinajstić information content (AvgIpc) is 2.57. The third-order valence-electron chi connectivity index (χ3n) is 3.23. The van der Waals surface area contributed by atoms with Crippen LogP contribution in [0.25, 0.3) is 0 Å². The van der Waals surface area contributed by atoms with Crippen molar-refractivity contribution >= 4 is 11.7 Å². The molecule has 0 radical (unpaired) electrons. The summed E-state index contributed by atoms with van der Waals surface area (Å²) >= 11 is 0. The molecule has 0 fully saturated rings. The molecule has 0 aromatic heterocycles. The highest BCUT2D eigenvalue weighted by Gasteiger charge is 2.05. The molecule has 0 heterocycles. The number of carbonyl (C=O) groups is 1. The zero-order chi connectivity index (χ0) is 16.5. The fraction of sp³-hybridized carbons (Fsp3) is 0.222. The van der Waals surface area contributed by atoms with E-state index in [0.717, 1.165) is 12.8 Å². The zero-order valence-corrected chi connectivity index (χ0v) is 13.0. The van der Waals surface area contributed by atoms with Gasteiger partial charge in [0, 0.05) is 0 Å². The van der Waals surface area contributed by atoms with E-state index in [1.54, 1.807) is 24.3 Å². The van der Waals surface area contributed by atoms with Crippen LogP contribution in [0.15, 0.2) is 48.5 Å². The largest absolute Gasteiger partial charge is 0.473 e. The summed E-state index contributed by atoms with van der Waals surface area (Å²) in [6.07, 6.45) is 2.14. The Morgan fingerprint density at radius 2 is 1.91 bits per heavy atom. The Kier molecular flexibility index (Phi) is 6.01. The molecule has 23 heavy (non-hydrogen) atoms. The molecule has 0 bridgehead atoms. The minimum atomic E-state index is -0.421. The Bertz CT molecular complexity index is 690. The van der Waals surface area contributed by atoms with E-state index < -0.39 is 6.03 Å². The van der Waals surface area contributed by atoms with Gasteiger partial charge in [0.05, 0.1) is 11.3 Å². The van der Waals surface area contributed by atoms with Crippen LogP contribution in [0, 0.1) is 11.3 Å². The molecule has 2 aromatic rings. The van der Waals surface area contributed by atoms with E-state index in [4.69, 9.17) is 10.00 Å². The number of ether oxygens (including phenoxy) is 1. The van der Waals surface area contributed by atoms with Gasteiger partial charge in [0.1, 0.15) is 11.8 Å². The van der Waals surface area contributed by atoms with Gasteiger partial charge in [0.25, 0.3) is 0 Å². The zero-order valence-electron chi connectivity index (χ0n) is 13.0. The van der Waals surface area contributed by atoms with Gasteiger partial charge in [-0.1, -0.05) is 37.6 Å². The summed E-state index contributed by atoms with van der Waals surface area (Å²) in [5.74, 6) is 0.697. The lowest BCUT2D eigenvalue weighted by molar-refractivity contribution is 0.234. The first-order valence-electron chi connectivity index (χ1n) is 7.48. The Morgan fingerprint density at radius 3 is 2.61 bits per heavy atom. The Morgan fingerprint density at radius 1 is 1.17 bits per heavy atom. The van der Waals surface area contributed by atoms with Crippen LogP contribution in [0.1, 0.15) is 24.5 Å². The van der Waals surface area contributed by atoms with E-state index in [1.807, 2.05) is 30.3 Å². The smallest absolute Gasteiger partial charge is 0.321 e. The maximum Gasteiger partial charge on any atom is 0.321 e. The summed E-state index contributed by atoms with van der Waals surface area (Å²) in [6, 6.07) is 16.2. The lowest BCUT2D eigenvalue weighted by atomic mass is 10.1. The molecule has 0 unspecified atom stereocenters. The molecule has 0 aliphatic heterocycles. The maximum atomic E-state index is 11.8. The van der Waals surface area contributed by atoms with Crippen LogP contribution in [0.4, 0.5) is 10.5 Å². The van der Waals surface area contributed by atoms with Crippen molar-refractivity contribution in [2.45, 2.75) is 19.8 Å². The van der Waals surface area contributed by atoms with Crippen LogP contribution >= 0.6 is 0 Å². The monoisotopic (exact) mass is 309 g/mol. The topological polar surface area (TPSA) is 74.2 Å². The molecule has 2 N–H and O–H groups in total. The summed E-state index contributed by atoms with van der Waals surface area (Å²) in [5, 5.41) is 14.2. The molecule has 0 spiro atoms. The lowest BCUT2D eigenvalue weighted by Gasteiger charge is -2.10. The number of rotatable bonds is 6. The molecular formula is C18H19N3O2. The number of nitriles is 1. The van der Waals surface area contributed by atoms with Crippen LogP contribution in [-0.4, -0.2) is 12.8 Å². The number of urea groups is 1. The van der Waals surface area contributed by atoms with Crippen LogP contribution in [0.2, 0.25) is 0 Å². The molecule has 5 nitrogen and oxygen atoms in total. The number of nitrogens with one attached hydrogen (secondary N) is 2. The Labute approximate surface area is 135 Å². The first-order chi connectivity index (χ1) is 11.2. The van der Waals surface area contributed by atoms with Gasteiger partial charge in [-0.3, -0.25) is 0 Å². The molecule has 0 saturated carbocycles. The standard InChI is InChI=1S/C18H19N3O2/c1-2-5-14-8-10-16(11-9-14)23-13-20-18(22)21-17-7-4-3-6-15(17)12-19/h3-4,6-11H,2,5,13H2,1H3,(H2,20,21,22). The van der Waals surface area contributed by atoms with Gasteiger partial charge in [0.15, 0.2) is 6.73 Å². The number of nitrogens with zero attached hydrogens (tertiary/aromatic N) is 1. The summed E-state index contributed by atoms with van der Waals surface area (Å²) in [6.45, 7) is 2.19. The van der Waals surface area contributed by atoms with Crippen molar-refractivity contribution in [2.24, 2.45) is 0 Å². The fourth-order valence-corrected chi connectivity index (χ4v) is 2.08. The molecule has 0 atom stereocenters. The quantitative estimate of drug-likeness (QED) is 0.800. The number of benzene rings is 2. The van der Waals surface area contributed by atoms with E-state index >= 15 is 0 Å². The molecular weight excluding hydrogens is 290 g/mol. The van der Waals surface area contributed by atoms with Gasteiger partial charge in [-0.2, -0.15) is 5.26 Å². The predicted molar refractivity (Wildman–Crippen MR) is 89.2 cm³/mol. The van der Waals surface area contributed by atoms with Crippen LogP contribution in [-0.2, 0) is 6.42 Å². The van der Waals surface area contributed by atoms with Crippen molar-refractivity contribution in [3.63, 3.8) is 0 Å². The van der Waals surface area contributed by atoms with Crippen molar-refractivity contribution in [3.8, 4) is 11.8 Å². The van der Waals surface area contributed by atoms with Crippen molar-refractivity contribution in [1.82, 2.24) is 5.32 Å². The second-order valence-electron chi connectivity index (χ2n) is 4.97. The minimum absolute atomic E-state index is 0.0493. The van der Waals surface area contributed by atoms with E-state index in [0.29, 0.717) is 17.0 Å². The first-order valence-corrected chi connectivity index (χ1v) is 7.48. The van der Waals surface area contributed by atoms with Crippen LogP contribution in [0.5, 0.6) is 5.75 Å². The van der Waals surface area contributed by atoms with Crippen molar-refractivity contribution in [1.29, 1.82) is 5.26 Å². The number of hydrogen-bond acceptors (Lipinski definition) is 3. The Balaban J connectivity index is 1.79. The van der Waals surface area contributed by atoms with E-state index in [2.05, 4.69) is 17.6 Å². The number of hydrogen-bond donors (Lipinski definition) is 2. The summed E-state index contributed by atoms with van der Waals surface area (Å²) < 4.78 is 5.47. The van der Waals surface area contributed by atoms with E-state index in [1.165, 1.54) is 5.56 Å². The van der Waals surface area contributed by atoms with Crippen molar-refractivity contribution in [3.05, 3.63) is 59.7 Å². The number of amides is 2. The second kappa shape index (κ2) is 8.44. The van der Waals surface area contributed by atoms with Crippen LogP contribution in [0.3, 0.4) is 0 Å². The first kappa shape index (κ1) is 16.4. The number of para-hydroxylation sites is 1. The second-order valence-corrected chi connectivity index (χ2v) is 4.97. The highest BCUT2D eigenvalue weighted by atomic mass is 16.5. The van der Waals surface area contributed by atoms with E-state index in [-0.39, 0.29) is 6.73 Å². The highest BCUT2D eigenvalue weighted by molar-refractivity contribution is 5.90. The molecule has 0 aliphatic rings. The molecule has 2 amide bonds. The maximum absolute atomic E-state index is 11.8. The fourth-order valence-electron chi connectivity index (χ4n) is 2.08. The molecule has 5 heteroatoms. The van der Waals surface area contributed by atoms with Gasteiger partial charge in [-0.05, 0) is 36.2 Å². The van der Waals surface area contributed by atoms with Crippen LogP contribution < -0.4 is 15.4 Å². The summed E-state index contributed by atoms with van der Waals surface area (Å²) in [4.78, 5) is 11.8. The number of carbonyl (C=O) groups excluding carboxylic acids is 1. The summed E-state index contributed by atoms with van der Waals surface area (Å²) in [7, 11) is 0. The average molecular weight is 309 g/mol. The molecule has 0 saturated heterocycles. The normalized spacial score (nSPS) is 9.74.